The molecule has 18 heavy (non-hydrogen) atoms. The van der Waals surface area contributed by atoms with E-state index in [0.29, 0.717) is 5.92 Å². The van der Waals surface area contributed by atoms with Crippen LogP contribution in [0.4, 0.5) is 4.39 Å². The predicted octanol–water partition coefficient (Wildman–Crippen LogP) is 1.31. The van der Waals surface area contributed by atoms with Gasteiger partial charge in [-0.05, 0) is 31.0 Å². The van der Waals surface area contributed by atoms with E-state index < -0.39 is 5.82 Å². The minimum absolute atomic E-state index is 0.166. The minimum Gasteiger partial charge on any atom is -0.346 e. The predicted molar refractivity (Wildman–Crippen MR) is 65.0 cm³/mol. The summed E-state index contributed by atoms with van der Waals surface area (Å²) in [5, 5.41) is 2.68. The number of rotatable bonds is 2. The molecule has 2 aliphatic heterocycles. The van der Waals surface area contributed by atoms with Gasteiger partial charge in [-0.15, -0.1) is 0 Å². The van der Waals surface area contributed by atoms with Gasteiger partial charge in [0.1, 0.15) is 5.69 Å². The lowest BCUT2D eigenvalue weighted by Gasteiger charge is -2.22. The van der Waals surface area contributed by atoms with Gasteiger partial charge in [-0.3, -0.25) is 4.79 Å². The van der Waals surface area contributed by atoms with Gasteiger partial charge >= 0.3 is 0 Å². The van der Waals surface area contributed by atoms with Crippen LogP contribution in [-0.4, -0.2) is 41.5 Å². The number of piperidine rings is 1. The van der Waals surface area contributed by atoms with Gasteiger partial charge < -0.3 is 10.2 Å². The first kappa shape index (κ1) is 11.9. The second kappa shape index (κ2) is 4.48. The van der Waals surface area contributed by atoms with Crippen LogP contribution in [0.15, 0.2) is 12.1 Å². The smallest absolute Gasteiger partial charge is 0.270 e. The Morgan fingerprint density at radius 2 is 2.33 bits per heavy atom. The third-order valence-corrected chi connectivity index (χ3v) is 3.95. The Labute approximate surface area is 109 Å². The molecule has 3 rings (SSSR count). The molecule has 1 amide bonds. The molecule has 2 saturated heterocycles. The number of carbonyl (C=O) groups is 1. The Balaban J connectivity index is 1.69. The minimum atomic E-state index is -0.612. The molecule has 0 aliphatic carbocycles. The summed E-state index contributed by atoms with van der Waals surface area (Å²) in [5.74, 6) is -0.361. The van der Waals surface area contributed by atoms with E-state index in [-0.39, 0.29) is 22.8 Å². The van der Waals surface area contributed by atoms with Crippen molar-refractivity contribution in [1.29, 1.82) is 0 Å². The van der Waals surface area contributed by atoms with E-state index in [4.69, 9.17) is 11.6 Å². The average molecular weight is 270 g/mol. The number of amides is 1. The van der Waals surface area contributed by atoms with Gasteiger partial charge in [-0.2, -0.15) is 0 Å². The zero-order valence-corrected chi connectivity index (χ0v) is 10.5. The summed E-state index contributed by atoms with van der Waals surface area (Å²) in [7, 11) is 0. The van der Waals surface area contributed by atoms with Crippen LogP contribution < -0.4 is 5.32 Å². The summed E-state index contributed by atoms with van der Waals surface area (Å²) >= 11 is 5.56. The number of pyridine rings is 1. The van der Waals surface area contributed by atoms with E-state index in [0.717, 1.165) is 32.1 Å². The number of halogens is 2. The molecule has 96 valence electrons. The van der Waals surface area contributed by atoms with E-state index in [9.17, 15) is 9.18 Å². The second-order valence-corrected chi connectivity index (χ2v) is 5.22. The molecule has 3 heterocycles. The molecule has 0 radical (unpaired) electrons. The molecule has 2 unspecified atom stereocenters. The van der Waals surface area contributed by atoms with Crippen LogP contribution in [0.25, 0.3) is 0 Å². The lowest BCUT2D eigenvalue weighted by atomic mass is 10.00. The van der Waals surface area contributed by atoms with Crippen molar-refractivity contribution >= 4 is 17.5 Å². The molecule has 3 atom stereocenters. The Kier molecular flexibility index (Phi) is 2.95. The van der Waals surface area contributed by atoms with Gasteiger partial charge in [-0.1, -0.05) is 11.6 Å². The molecule has 2 fully saturated rings. The largest absolute Gasteiger partial charge is 0.346 e. The van der Waals surface area contributed by atoms with Crippen molar-refractivity contribution in [3.63, 3.8) is 0 Å². The number of fused-ring (bicyclic) bond motifs is 2. The van der Waals surface area contributed by atoms with Crippen LogP contribution in [0.1, 0.15) is 16.9 Å². The summed E-state index contributed by atoms with van der Waals surface area (Å²) in [6, 6.07) is 2.69. The monoisotopic (exact) mass is 269 g/mol. The quantitative estimate of drug-likeness (QED) is 0.824. The highest BCUT2D eigenvalue weighted by molar-refractivity contribution is 6.29. The molecular weight excluding hydrogens is 257 g/mol. The zero-order chi connectivity index (χ0) is 12.7. The fraction of sp³-hybridized carbons (Fsp3) is 0.500. The third-order valence-electron chi connectivity index (χ3n) is 3.69. The molecule has 4 nitrogen and oxygen atoms in total. The topological polar surface area (TPSA) is 45.2 Å². The molecule has 1 N–H and O–H groups in total. The van der Waals surface area contributed by atoms with Crippen molar-refractivity contribution in [2.45, 2.75) is 12.5 Å². The third kappa shape index (κ3) is 2.08. The van der Waals surface area contributed by atoms with Crippen LogP contribution in [0.2, 0.25) is 5.15 Å². The van der Waals surface area contributed by atoms with Crippen molar-refractivity contribution in [3.05, 3.63) is 28.8 Å². The van der Waals surface area contributed by atoms with Gasteiger partial charge in [-0.25, -0.2) is 9.37 Å². The van der Waals surface area contributed by atoms with Gasteiger partial charge in [0.15, 0.2) is 11.0 Å². The lowest BCUT2D eigenvalue weighted by Crippen LogP contribution is -2.43. The summed E-state index contributed by atoms with van der Waals surface area (Å²) in [5.41, 5.74) is 0.166. The molecule has 0 spiro atoms. The van der Waals surface area contributed by atoms with Crippen molar-refractivity contribution in [3.8, 4) is 0 Å². The van der Waals surface area contributed by atoms with Crippen molar-refractivity contribution in [1.82, 2.24) is 15.2 Å². The van der Waals surface area contributed by atoms with E-state index in [1.165, 1.54) is 6.07 Å². The number of nitrogens with zero attached hydrogens (tertiary/aromatic N) is 2. The maximum absolute atomic E-state index is 13.0. The van der Waals surface area contributed by atoms with Crippen molar-refractivity contribution < 1.29 is 9.18 Å². The average Bonchev–Trinajstić information content (AvgIpc) is 2.94. The van der Waals surface area contributed by atoms with Gasteiger partial charge in [0.2, 0.25) is 0 Å². The molecule has 0 aromatic carbocycles. The highest BCUT2D eigenvalue weighted by Gasteiger charge is 2.38. The number of aromatic nitrogens is 1. The van der Waals surface area contributed by atoms with Crippen LogP contribution in [0.3, 0.4) is 0 Å². The van der Waals surface area contributed by atoms with E-state index in [1.807, 2.05) is 0 Å². The molecule has 6 heteroatoms. The maximum Gasteiger partial charge on any atom is 0.270 e. The highest BCUT2D eigenvalue weighted by Crippen LogP contribution is 2.27. The Morgan fingerprint density at radius 3 is 2.94 bits per heavy atom. The van der Waals surface area contributed by atoms with Crippen LogP contribution in [0.5, 0.6) is 0 Å². The van der Waals surface area contributed by atoms with E-state index >= 15 is 0 Å². The number of nitrogens with one attached hydrogen (secondary N) is 1. The molecule has 2 aliphatic rings. The van der Waals surface area contributed by atoms with Crippen LogP contribution in [0, 0.1) is 11.7 Å². The fourth-order valence-electron chi connectivity index (χ4n) is 2.73. The standard InChI is InChI=1S/C12H13ClFN3O/c13-11-8(14)1-2-9(15-11)12(18)16-10-6-17-4-3-7(10)5-17/h1-2,7,10H,3-6H2,(H,16,18)/t7-,10?/m0/s1. The molecule has 1 aromatic heterocycles. The molecule has 1 aromatic rings. The lowest BCUT2D eigenvalue weighted by molar-refractivity contribution is 0.0919. The first-order valence-corrected chi connectivity index (χ1v) is 6.36. The van der Waals surface area contributed by atoms with Crippen LogP contribution >= 0.6 is 11.6 Å². The summed E-state index contributed by atoms with van der Waals surface area (Å²) < 4.78 is 13.0. The molecule has 2 bridgehead atoms. The van der Waals surface area contributed by atoms with Gasteiger partial charge in [0.25, 0.3) is 5.91 Å². The molecular formula is C12H13ClFN3O. The first-order valence-electron chi connectivity index (χ1n) is 5.99. The normalized spacial score (nSPS) is 29.6. The Bertz CT molecular complexity index is 496. The zero-order valence-electron chi connectivity index (χ0n) is 9.70. The molecule has 0 saturated carbocycles. The van der Waals surface area contributed by atoms with Gasteiger partial charge in [0, 0.05) is 19.1 Å². The Morgan fingerprint density at radius 1 is 1.50 bits per heavy atom. The second-order valence-electron chi connectivity index (χ2n) is 4.86. The fourth-order valence-corrected chi connectivity index (χ4v) is 2.89. The SMILES string of the molecule is O=C(NC1CN2CC[C@H]1C2)c1ccc(F)c(Cl)n1. The number of carbonyl (C=O) groups excluding carboxylic acids is 1. The van der Waals surface area contributed by atoms with E-state index in [2.05, 4.69) is 15.2 Å². The summed E-state index contributed by atoms with van der Waals surface area (Å²) in [6.45, 7) is 3.07. The number of hydrogen-bond acceptors (Lipinski definition) is 3. The highest BCUT2D eigenvalue weighted by atomic mass is 35.5. The maximum atomic E-state index is 13.0. The summed E-state index contributed by atoms with van der Waals surface area (Å²) in [6.07, 6.45) is 1.13. The first-order chi connectivity index (χ1) is 8.63. The van der Waals surface area contributed by atoms with Crippen molar-refractivity contribution in [2.75, 3.05) is 19.6 Å². The Hall–Kier alpha value is -1.20. The van der Waals surface area contributed by atoms with Crippen molar-refractivity contribution in [2.24, 2.45) is 5.92 Å². The summed E-state index contributed by atoms with van der Waals surface area (Å²) in [4.78, 5) is 18.0. The van der Waals surface area contributed by atoms with Gasteiger partial charge in [0.05, 0.1) is 0 Å². The van der Waals surface area contributed by atoms with Crippen LogP contribution in [-0.2, 0) is 0 Å². The van der Waals surface area contributed by atoms with E-state index in [1.54, 1.807) is 0 Å². The number of hydrogen-bond donors (Lipinski definition) is 1.